The van der Waals surface area contributed by atoms with E-state index >= 15 is 0 Å². The van der Waals surface area contributed by atoms with E-state index in [0.29, 0.717) is 46.0 Å². The number of hydrogen-bond acceptors (Lipinski definition) is 6. The molecule has 0 saturated carbocycles. The van der Waals surface area contributed by atoms with Gasteiger partial charge in [0.25, 0.3) is 0 Å². The van der Waals surface area contributed by atoms with Crippen LogP contribution in [-0.4, -0.2) is 38.0 Å². The summed E-state index contributed by atoms with van der Waals surface area (Å²) in [7, 11) is -2.50. The van der Waals surface area contributed by atoms with Crippen molar-refractivity contribution in [1.29, 1.82) is 0 Å². The van der Waals surface area contributed by atoms with E-state index < -0.39 is 9.84 Å². The molecule has 0 aliphatic carbocycles. The number of aromatic nitrogens is 2. The number of ether oxygens (including phenoxy) is 2. The minimum atomic E-state index is -4.04. The second kappa shape index (κ2) is 11.3. The van der Waals surface area contributed by atoms with Crippen LogP contribution in [0.3, 0.4) is 0 Å². The van der Waals surface area contributed by atoms with Crippen molar-refractivity contribution in [2.75, 3.05) is 13.7 Å². The molecule has 0 fully saturated rings. The molecule has 1 unspecified atom stereocenters. The lowest BCUT2D eigenvalue weighted by atomic mass is 10.1. The van der Waals surface area contributed by atoms with Crippen LogP contribution in [0, 0.1) is 0 Å². The fourth-order valence-corrected chi connectivity index (χ4v) is 6.50. The first-order chi connectivity index (χ1) is 18.8. The number of fused-ring (bicyclic) bond motifs is 2. The zero-order valence-electron chi connectivity index (χ0n) is 21.8. The number of hydrogen-bond donors (Lipinski definition) is 1. The maximum Gasteiger partial charge on any atom is 0.226 e. The minimum absolute atomic E-state index is 0.0599. The first kappa shape index (κ1) is 27.0. The maximum atomic E-state index is 14.2. The van der Waals surface area contributed by atoms with Crippen molar-refractivity contribution >= 4 is 43.1 Å². The van der Waals surface area contributed by atoms with Crippen molar-refractivity contribution in [3.8, 4) is 11.5 Å². The Morgan fingerprint density at radius 2 is 1.77 bits per heavy atom. The summed E-state index contributed by atoms with van der Waals surface area (Å²) in [6.45, 7) is 2.66. The first-order valence-corrected chi connectivity index (χ1v) is 14.6. The molecule has 202 valence electrons. The minimum Gasteiger partial charge on any atom is -0.497 e. The van der Waals surface area contributed by atoms with Crippen molar-refractivity contribution in [2.45, 2.75) is 42.3 Å². The normalized spacial score (nSPS) is 12.6. The van der Waals surface area contributed by atoms with E-state index in [1.807, 2.05) is 49.4 Å². The molecule has 4 aromatic carbocycles. The summed E-state index contributed by atoms with van der Waals surface area (Å²) in [4.78, 5) is 0.192. The monoisotopic (exact) mass is 563 g/mol. The number of halogens is 1. The van der Waals surface area contributed by atoms with Crippen LogP contribution in [0.1, 0.15) is 25.3 Å². The molecule has 0 saturated heterocycles. The van der Waals surface area contributed by atoms with Gasteiger partial charge in [-0.05, 0) is 55.0 Å². The Hall–Kier alpha value is -3.59. The van der Waals surface area contributed by atoms with Crippen LogP contribution >= 0.6 is 11.6 Å². The SMILES string of the molecule is COc1cc(OCCCC(C)N)c2c(c1)c(S(=O)(=O)c1cccc3ccccc13)nn2Cc1cccc(Cl)c1. The highest BCUT2D eigenvalue weighted by molar-refractivity contribution is 7.91. The molecule has 0 aliphatic heterocycles. The predicted octanol–water partition coefficient (Wildman–Crippen LogP) is 6.24. The summed E-state index contributed by atoms with van der Waals surface area (Å²) in [6.07, 6.45) is 1.55. The smallest absolute Gasteiger partial charge is 0.226 e. The van der Waals surface area contributed by atoms with Gasteiger partial charge in [-0.25, -0.2) is 8.42 Å². The van der Waals surface area contributed by atoms with Crippen LogP contribution < -0.4 is 15.2 Å². The molecule has 2 N–H and O–H groups in total. The third kappa shape index (κ3) is 5.59. The zero-order valence-corrected chi connectivity index (χ0v) is 23.4. The summed E-state index contributed by atoms with van der Waals surface area (Å²) in [5, 5.41) is 7.10. The molecule has 1 aromatic heterocycles. The highest BCUT2D eigenvalue weighted by atomic mass is 35.5. The van der Waals surface area contributed by atoms with Crippen molar-refractivity contribution in [3.63, 3.8) is 0 Å². The second-order valence-corrected chi connectivity index (χ2v) is 11.8. The van der Waals surface area contributed by atoms with Crippen LogP contribution in [0.2, 0.25) is 5.02 Å². The number of nitrogens with zero attached hydrogens (tertiary/aromatic N) is 2. The molecule has 0 amide bonds. The van der Waals surface area contributed by atoms with Crippen molar-refractivity contribution in [3.05, 3.63) is 89.4 Å². The molecular formula is C30H30ClN3O4S. The second-order valence-electron chi connectivity index (χ2n) is 9.56. The molecule has 9 heteroatoms. The lowest BCUT2D eigenvalue weighted by Crippen LogP contribution is -2.15. The van der Waals surface area contributed by atoms with Crippen LogP contribution in [0.15, 0.2) is 88.8 Å². The van der Waals surface area contributed by atoms with Crippen LogP contribution in [0.5, 0.6) is 11.5 Å². The summed E-state index contributed by atoms with van der Waals surface area (Å²) < 4.78 is 41.9. The van der Waals surface area contributed by atoms with Gasteiger partial charge in [0.1, 0.15) is 17.0 Å². The lowest BCUT2D eigenvalue weighted by molar-refractivity contribution is 0.302. The summed E-state index contributed by atoms with van der Waals surface area (Å²) in [5.41, 5.74) is 7.35. The van der Waals surface area contributed by atoms with E-state index in [2.05, 4.69) is 0 Å². The molecule has 0 aliphatic rings. The molecule has 1 heterocycles. The average molecular weight is 564 g/mol. The Balaban J connectivity index is 1.71. The first-order valence-electron chi connectivity index (χ1n) is 12.7. The van der Waals surface area contributed by atoms with Crippen LogP contribution in [0.4, 0.5) is 0 Å². The molecule has 5 rings (SSSR count). The Bertz CT molecular complexity index is 1740. The van der Waals surface area contributed by atoms with Gasteiger partial charge in [-0.15, -0.1) is 0 Å². The molecule has 5 aromatic rings. The number of sulfone groups is 1. The summed E-state index contributed by atoms with van der Waals surface area (Å²) in [5.74, 6) is 0.962. The van der Waals surface area contributed by atoms with Crippen LogP contribution in [0.25, 0.3) is 21.7 Å². The van der Waals surface area contributed by atoms with E-state index in [-0.39, 0.29) is 16.0 Å². The van der Waals surface area contributed by atoms with Crippen molar-refractivity contribution < 1.29 is 17.9 Å². The molecule has 7 nitrogen and oxygen atoms in total. The largest absolute Gasteiger partial charge is 0.497 e. The third-order valence-corrected chi connectivity index (χ3v) is 8.54. The molecule has 0 spiro atoms. The highest BCUT2D eigenvalue weighted by Crippen LogP contribution is 2.38. The van der Waals surface area contributed by atoms with Crippen molar-refractivity contribution in [1.82, 2.24) is 9.78 Å². The molecular weight excluding hydrogens is 534 g/mol. The van der Waals surface area contributed by atoms with E-state index in [9.17, 15) is 8.42 Å². The van der Waals surface area contributed by atoms with Gasteiger partial charge in [-0.3, -0.25) is 4.68 Å². The average Bonchev–Trinajstić information content (AvgIpc) is 3.29. The maximum absolute atomic E-state index is 14.2. The van der Waals surface area contributed by atoms with Gasteiger partial charge >= 0.3 is 0 Å². The van der Waals surface area contributed by atoms with Gasteiger partial charge in [0.05, 0.1) is 25.2 Å². The van der Waals surface area contributed by atoms with Gasteiger partial charge in [0.2, 0.25) is 9.84 Å². The third-order valence-electron chi connectivity index (χ3n) is 6.56. The van der Waals surface area contributed by atoms with E-state index in [1.165, 1.54) is 7.11 Å². The fraction of sp³-hybridized carbons (Fsp3) is 0.233. The summed E-state index contributed by atoms with van der Waals surface area (Å²) >= 11 is 6.25. The zero-order chi connectivity index (χ0) is 27.6. The molecule has 39 heavy (non-hydrogen) atoms. The van der Waals surface area contributed by atoms with Gasteiger partial charge < -0.3 is 15.2 Å². The molecule has 0 radical (unpaired) electrons. The molecule has 0 bridgehead atoms. The number of methoxy groups -OCH3 is 1. The van der Waals surface area contributed by atoms with E-state index in [1.54, 1.807) is 41.1 Å². The Kier molecular flexibility index (Phi) is 7.79. The highest BCUT2D eigenvalue weighted by Gasteiger charge is 2.29. The quantitative estimate of drug-likeness (QED) is 0.202. The van der Waals surface area contributed by atoms with Gasteiger partial charge in [0.15, 0.2) is 5.03 Å². The summed E-state index contributed by atoms with van der Waals surface area (Å²) in [6, 6.07) is 23.6. The van der Waals surface area contributed by atoms with E-state index in [0.717, 1.165) is 23.8 Å². The Morgan fingerprint density at radius 3 is 2.54 bits per heavy atom. The molecule has 1 atom stereocenters. The number of nitrogens with two attached hydrogens (primary N) is 1. The Labute approximate surface area is 233 Å². The van der Waals surface area contributed by atoms with E-state index in [4.69, 9.17) is 31.9 Å². The Morgan fingerprint density at radius 1 is 1.00 bits per heavy atom. The fourth-order valence-electron chi connectivity index (χ4n) is 4.70. The van der Waals surface area contributed by atoms with Gasteiger partial charge in [0, 0.05) is 27.9 Å². The topological polar surface area (TPSA) is 96.4 Å². The van der Waals surface area contributed by atoms with Gasteiger partial charge in [-0.2, -0.15) is 5.10 Å². The predicted molar refractivity (Wildman–Crippen MR) is 155 cm³/mol. The standard InChI is InChI=1S/C30H30ClN3O4S/c1-20(32)8-7-15-38-27-18-24(37-2)17-26-29(27)34(19-21-9-5-12-23(31)16-21)33-30(26)39(35,36)28-14-6-11-22-10-3-4-13-25(22)28/h3-6,9-14,16-18,20H,7-8,15,19,32H2,1-2H3. The number of benzene rings is 4. The van der Waals surface area contributed by atoms with Gasteiger partial charge in [-0.1, -0.05) is 60.1 Å². The van der Waals surface area contributed by atoms with Crippen LogP contribution in [-0.2, 0) is 16.4 Å². The van der Waals surface area contributed by atoms with Crippen molar-refractivity contribution in [2.24, 2.45) is 5.73 Å². The lowest BCUT2D eigenvalue weighted by Gasteiger charge is -2.13. The number of rotatable bonds is 10.